The van der Waals surface area contributed by atoms with Gasteiger partial charge in [0, 0.05) is 33.8 Å². The van der Waals surface area contributed by atoms with Crippen LogP contribution in [0.2, 0.25) is 0 Å². The number of benzene rings is 10. The van der Waals surface area contributed by atoms with Gasteiger partial charge >= 0.3 is 0 Å². The van der Waals surface area contributed by atoms with Gasteiger partial charge in [-0.3, -0.25) is 0 Å². The van der Waals surface area contributed by atoms with Crippen LogP contribution in [-0.4, -0.2) is 14.8 Å². The summed E-state index contributed by atoms with van der Waals surface area (Å²) < 4.78 is 2.44. The summed E-state index contributed by atoms with van der Waals surface area (Å²) in [4.78, 5) is 0. The van der Waals surface area contributed by atoms with Gasteiger partial charge in [-0.2, -0.15) is 10.2 Å². The van der Waals surface area contributed by atoms with Gasteiger partial charge in [0.15, 0.2) is 0 Å². The molecule has 1 spiro atoms. The van der Waals surface area contributed by atoms with Crippen LogP contribution >= 0.6 is 0 Å². The molecule has 0 radical (unpaired) electrons. The Hall–Kier alpha value is -8.14. The van der Waals surface area contributed by atoms with Crippen LogP contribution in [0, 0.1) is 0 Å². The molecule has 0 aliphatic heterocycles. The minimum absolute atomic E-state index is 0.622. The summed E-state index contributed by atoms with van der Waals surface area (Å²) in [6.07, 6.45) is 1.88. The highest BCUT2D eigenvalue weighted by molar-refractivity contribution is 6.24. The third-order valence-electron chi connectivity index (χ3n) is 13.9. The molecule has 14 rings (SSSR count). The zero-order valence-corrected chi connectivity index (χ0v) is 33.5. The maximum Gasteiger partial charge on any atom is 0.0980 e. The molecule has 1 unspecified atom stereocenters. The first-order chi connectivity index (χ1) is 30.8. The topological polar surface area (TPSA) is 30.7 Å². The number of aromatic nitrogens is 3. The van der Waals surface area contributed by atoms with E-state index in [4.69, 9.17) is 5.10 Å². The van der Waals surface area contributed by atoms with Gasteiger partial charge in [0.25, 0.3) is 0 Å². The lowest BCUT2D eigenvalue weighted by atomic mass is 9.70. The van der Waals surface area contributed by atoms with Gasteiger partial charge in [0.05, 0.1) is 22.1 Å². The number of nitrogens with zero attached hydrogens (tertiary/aromatic N) is 3. The largest absolute Gasteiger partial charge is 0.309 e. The zero-order chi connectivity index (χ0) is 40.5. The molecular weight excluding hydrogens is 751 g/mol. The summed E-state index contributed by atoms with van der Waals surface area (Å²) in [7, 11) is 0. The molecular formula is C59H35N3. The Morgan fingerprint density at radius 1 is 0.355 bits per heavy atom. The standard InChI is InChI=1S/C59H35N3/c1-2-17-38(18-3-1)62-54-28-13-11-21-41(54)49-34-48-40-20-10-12-27-50(40)59(53(48)35-55(49)62)51-31-32-60-61-58(51)47-30-29-37(33-52(47)59)56-43-22-6-8-24-45(43)57(46-25-9-7-23-44(46)56)42-26-14-16-36-15-4-5-19-39(36)42/h1-35H. The average Bonchev–Trinajstić information content (AvgIpc) is 3.93. The van der Waals surface area contributed by atoms with Gasteiger partial charge in [-0.1, -0.05) is 164 Å². The summed E-state index contributed by atoms with van der Waals surface area (Å²) >= 11 is 0. The monoisotopic (exact) mass is 785 g/mol. The number of hydrogen-bond donors (Lipinski definition) is 0. The summed E-state index contributed by atoms with van der Waals surface area (Å²) in [5.74, 6) is 0. The number of rotatable bonds is 3. The highest BCUT2D eigenvalue weighted by Crippen LogP contribution is 2.63. The number of fused-ring (bicyclic) bond motifs is 16. The van der Waals surface area contributed by atoms with Gasteiger partial charge in [-0.05, 0) is 125 Å². The quantitative estimate of drug-likeness (QED) is 0.167. The molecule has 2 aromatic heterocycles. The molecule has 2 heterocycles. The van der Waals surface area contributed by atoms with Crippen molar-refractivity contribution in [2.75, 3.05) is 0 Å². The van der Waals surface area contributed by atoms with Crippen LogP contribution in [0.4, 0.5) is 0 Å². The van der Waals surface area contributed by atoms with Gasteiger partial charge in [-0.15, -0.1) is 0 Å². The number of hydrogen-bond acceptors (Lipinski definition) is 2. The third-order valence-corrected chi connectivity index (χ3v) is 13.9. The van der Waals surface area contributed by atoms with E-state index in [2.05, 4.69) is 216 Å². The van der Waals surface area contributed by atoms with Crippen molar-refractivity contribution in [1.82, 2.24) is 14.8 Å². The van der Waals surface area contributed by atoms with E-state index < -0.39 is 5.41 Å². The van der Waals surface area contributed by atoms with E-state index in [0.717, 1.165) is 16.9 Å². The van der Waals surface area contributed by atoms with Crippen molar-refractivity contribution in [1.29, 1.82) is 0 Å². The third kappa shape index (κ3) is 4.29. The van der Waals surface area contributed by atoms with Crippen molar-refractivity contribution in [2.45, 2.75) is 5.41 Å². The SMILES string of the molecule is c1ccc(-n2c3ccccc3c3cc4c(cc32)C2(c3ccccc3-4)c3cc(-c4c5ccccc5c(-c5cccc6ccccc56)c5ccccc45)ccc3-c3nnccc32)cc1. The highest BCUT2D eigenvalue weighted by atomic mass is 15.1. The Balaban J connectivity index is 1.09. The van der Waals surface area contributed by atoms with Gasteiger partial charge in [0.2, 0.25) is 0 Å². The summed E-state index contributed by atoms with van der Waals surface area (Å²) in [5.41, 5.74) is 17.4. The molecule has 0 N–H and O–H groups in total. The van der Waals surface area contributed by atoms with Crippen LogP contribution in [0.15, 0.2) is 212 Å². The minimum Gasteiger partial charge on any atom is -0.309 e. The fraction of sp³-hybridized carbons (Fsp3) is 0.0169. The van der Waals surface area contributed by atoms with Crippen LogP contribution in [0.3, 0.4) is 0 Å². The first-order valence-corrected chi connectivity index (χ1v) is 21.4. The maximum absolute atomic E-state index is 4.94. The Bertz CT molecular complexity index is 3820. The Morgan fingerprint density at radius 2 is 0.984 bits per heavy atom. The van der Waals surface area contributed by atoms with E-state index in [-0.39, 0.29) is 0 Å². The smallest absolute Gasteiger partial charge is 0.0980 e. The van der Waals surface area contributed by atoms with Crippen molar-refractivity contribution in [2.24, 2.45) is 0 Å². The second-order valence-electron chi connectivity index (χ2n) is 16.8. The van der Waals surface area contributed by atoms with Gasteiger partial charge in [0.1, 0.15) is 0 Å². The summed E-state index contributed by atoms with van der Waals surface area (Å²) in [6.45, 7) is 0. The fourth-order valence-corrected chi connectivity index (χ4v) is 11.5. The minimum atomic E-state index is -0.622. The highest BCUT2D eigenvalue weighted by Gasteiger charge is 2.53. The molecule has 62 heavy (non-hydrogen) atoms. The van der Waals surface area contributed by atoms with Crippen LogP contribution < -0.4 is 0 Å². The predicted octanol–water partition coefficient (Wildman–Crippen LogP) is 14.7. The summed E-state index contributed by atoms with van der Waals surface area (Å²) in [5, 5.41) is 19.4. The molecule has 1 atom stereocenters. The van der Waals surface area contributed by atoms with E-state index in [1.165, 1.54) is 110 Å². The molecule has 3 nitrogen and oxygen atoms in total. The molecule has 2 aliphatic carbocycles. The van der Waals surface area contributed by atoms with Crippen molar-refractivity contribution in [3.63, 3.8) is 0 Å². The van der Waals surface area contributed by atoms with Crippen molar-refractivity contribution >= 4 is 54.1 Å². The molecule has 10 aromatic carbocycles. The molecule has 286 valence electrons. The van der Waals surface area contributed by atoms with E-state index in [0.29, 0.717) is 0 Å². The van der Waals surface area contributed by atoms with Crippen LogP contribution in [0.5, 0.6) is 0 Å². The molecule has 3 heteroatoms. The van der Waals surface area contributed by atoms with E-state index in [1.54, 1.807) is 0 Å². The zero-order valence-electron chi connectivity index (χ0n) is 33.5. The second-order valence-corrected chi connectivity index (χ2v) is 16.8. The molecule has 0 fully saturated rings. The predicted molar refractivity (Wildman–Crippen MR) is 256 cm³/mol. The first-order valence-electron chi connectivity index (χ1n) is 21.4. The van der Waals surface area contributed by atoms with Crippen molar-refractivity contribution < 1.29 is 0 Å². The van der Waals surface area contributed by atoms with Crippen molar-refractivity contribution in [3.8, 4) is 50.3 Å². The first kappa shape index (κ1) is 33.7. The Morgan fingerprint density at radius 3 is 1.79 bits per heavy atom. The molecule has 2 aliphatic rings. The van der Waals surface area contributed by atoms with Gasteiger partial charge < -0.3 is 4.57 Å². The average molecular weight is 786 g/mol. The van der Waals surface area contributed by atoms with Crippen LogP contribution in [0.25, 0.3) is 104 Å². The Labute approximate surface area is 357 Å². The van der Waals surface area contributed by atoms with Crippen LogP contribution in [-0.2, 0) is 5.41 Å². The normalized spacial score (nSPS) is 14.8. The number of para-hydroxylation sites is 2. The fourth-order valence-electron chi connectivity index (χ4n) is 11.5. The second kappa shape index (κ2) is 12.4. The van der Waals surface area contributed by atoms with E-state index in [9.17, 15) is 0 Å². The van der Waals surface area contributed by atoms with Gasteiger partial charge in [-0.25, -0.2) is 0 Å². The van der Waals surface area contributed by atoms with Crippen molar-refractivity contribution in [3.05, 3.63) is 235 Å². The van der Waals surface area contributed by atoms with Crippen LogP contribution in [0.1, 0.15) is 22.3 Å². The lowest BCUT2D eigenvalue weighted by Gasteiger charge is -2.30. The molecule has 0 saturated heterocycles. The molecule has 0 amide bonds. The molecule has 12 aromatic rings. The lowest BCUT2D eigenvalue weighted by Crippen LogP contribution is -2.26. The Kier molecular flexibility index (Phi) is 6.76. The summed E-state index contributed by atoms with van der Waals surface area (Å²) in [6, 6.07) is 76.4. The van der Waals surface area contributed by atoms with E-state index >= 15 is 0 Å². The maximum atomic E-state index is 4.94. The molecule has 0 bridgehead atoms. The molecule has 0 saturated carbocycles. The lowest BCUT2D eigenvalue weighted by molar-refractivity contribution is 0.787. The van der Waals surface area contributed by atoms with E-state index in [1.807, 2.05) is 6.20 Å².